The number of fused-ring (bicyclic) bond motifs is 1. The van der Waals surface area contributed by atoms with Crippen molar-refractivity contribution in [3.8, 4) is 23.0 Å². The quantitative estimate of drug-likeness (QED) is 0.586. The summed E-state index contributed by atoms with van der Waals surface area (Å²) < 4.78 is 20.9. The van der Waals surface area contributed by atoms with Crippen molar-refractivity contribution < 1.29 is 28.7 Å². The molecular weight excluding hydrogens is 356 g/mol. The van der Waals surface area contributed by atoms with Gasteiger partial charge in [-0.05, 0) is 36.8 Å². The van der Waals surface area contributed by atoms with Gasteiger partial charge < -0.3 is 24.3 Å². The lowest BCUT2D eigenvalue weighted by atomic mass is 10.1. The Balaban J connectivity index is 1.60. The second-order valence-electron chi connectivity index (χ2n) is 5.78. The number of hydrogen-bond donors (Lipinski definition) is 1. The van der Waals surface area contributed by atoms with Crippen LogP contribution >= 0.6 is 0 Å². The number of nitrogens with one attached hydrogen (secondary N) is 1. The summed E-state index contributed by atoms with van der Waals surface area (Å²) >= 11 is 0. The van der Waals surface area contributed by atoms with Gasteiger partial charge in [-0.3, -0.25) is 14.9 Å². The Hall–Kier alpha value is -3.49. The largest absolute Gasteiger partial charge is 0.496 e. The number of nitrogens with zero attached hydrogens (tertiary/aromatic N) is 1. The van der Waals surface area contributed by atoms with Gasteiger partial charge in [-0.1, -0.05) is 6.07 Å². The van der Waals surface area contributed by atoms with E-state index >= 15 is 0 Å². The topological polar surface area (TPSA) is 109 Å². The predicted octanol–water partition coefficient (Wildman–Crippen LogP) is 2.59. The van der Waals surface area contributed by atoms with Crippen LogP contribution in [0.15, 0.2) is 36.4 Å². The van der Waals surface area contributed by atoms with Gasteiger partial charge in [0, 0.05) is 0 Å². The lowest BCUT2D eigenvalue weighted by molar-refractivity contribution is -0.385. The zero-order valence-corrected chi connectivity index (χ0v) is 14.8. The van der Waals surface area contributed by atoms with Crippen molar-refractivity contribution in [2.24, 2.45) is 0 Å². The Morgan fingerprint density at radius 3 is 2.78 bits per heavy atom. The second kappa shape index (κ2) is 7.81. The molecule has 0 aliphatic carbocycles. The molecule has 0 saturated carbocycles. The third-order valence-electron chi connectivity index (χ3n) is 4.00. The Labute approximate surface area is 154 Å². The molecule has 1 atom stereocenters. The van der Waals surface area contributed by atoms with Crippen molar-refractivity contribution in [1.82, 2.24) is 5.32 Å². The third kappa shape index (κ3) is 4.20. The second-order valence-corrected chi connectivity index (χ2v) is 5.78. The van der Waals surface area contributed by atoms with Crippen molar-refractivity contribution >= 4 is 11.6 Å². The van der Waals surface area contributed by atoms with E-state index in [0.717, 1.165) is 5.56 Å². The molecule has 1 aliphatic rings. The average Bonchev–Trinajstić information content (AvgIpc) is 3.13. The van der Waals surface area contributed by atoms with Crippen LogP contribution in [-0.2, 0) is 4.79 Å². The molecule has 2 aromatic carbocycles. The number of nitro groups is 1. The first-order chi connectivity index (χ1) is 13.0. The van der Waals surface area contributed by atoms with E-state index in [-0.39, 0.29) is 30.9 Å². The number of carbonyl (C=O) groups excluding carboxylic acids is 1. The molecule has 3 rings (SSSR count). The molecule has 1 heterocycles. The first kappa shape index (κ1) is 18.3. The first-order valence-electron chi connectivity index (χ1n) is 8.12. The minimum absolute atomic E-state index is 0.00770. The number of rotatable bonds is 7. The van der Waals surface area contributed by atoms with E-state index < -0.39 is 10.8 Å². The number of benzene rings is 2. The van der Waals surface area contributed by atoms with Gasteiger partial charge in [0.05, 0.1) is 24.1 Å². The van der Waals surface area contributed by atoms with Crippen molar-refractivity contribution in [3.63, 3.8) is 0 Å². The standard InChI is InChI=1S/C18H18N2O7/c1-11(12-3-5-16-17(7-12)27-10-26-16)19-18(21)9-25-15-6-4-13(24-2)8-14(15)20(22)23/h3-8,11H,9-10H2,1-2H3,(H,19,21)/t11-/m1/s1. The van der Waals surface area contributed by atoms with Crippen molar-refractivity contribution in [1.29, 1.82) is 0 Å². The molecule has 9 heteroatoms. The Kier molecular flexibility index (Phi) is 5.30. The van der Waals surface area contributed by atoms with Gasteiger partial charge in [-0.25, -0.2) is 0 Å². The monoisotopic (exact) mass is 374 g/mol. The van der Waals surface area contributed by atoms with E-state index in [0.29, 0.717) is 17.2 Å². The number of carbonyl (C=O) groups is 1. The number of ether oxygens (including phenoxy) is 4. The van der Waals surface area contributed by atoms with E-state index in [9.17, 15) is 14.9 Å². The SMILES string of the molecule is COc1ccc(OCC(=O)N[C@H](C)c2ccc3c(c2)OCO3)c([N+](=O)[O-])c1. The van der Waals surface area contributed by atoms with Crippen molar-refractivity contribution in [2.45, 2.75) is 13.0 Å². The number of methoxy groups -OCH3 is 1. The maximum atomic E-state index is 12.2. The molecule has 0 spiro atoms. The van der Waals surface area contributed by atoms with E-state index in [1.807, 2.05) is 13.0 Å². The predicted molar refractivity (Wildman–Crippen MR) is 94.3 cm³/mol. The molecule has 0 fully saturated rings. The molecule has 0 saturated heterocycles. The Bertz CT molecular complexity index is 869. The van der Waals surface area contributed by atoms with Crippen LogP contribution in [0.25, 0.3) is 0 Å². The summed E-state index contributed by atoms with van der Waals surface area (Å²) in [4.78, 5) is 22.7. The van der Waals surface area contributed by atoms with Crippen LogP contribution in [0.5, 0.6) is 23.0 Å². The molecule has 0 aromatic heterocycles. The van der Waals surface area contributed by atoms with Crippen LogP contribution in [0.2, 0.25) is 0 Å². The summed E-state index contributed by atoms with van der Waals surface area (Å²) in [5.41, 5.74) is 0.564. The molecule has 142 valence electrons. The van der Waals surface area contributed by atoms with E-state index in [4.69, 9.17) is 18.9 Å². The lowest BCUT2D eigenvalue weighted by Crippen LogP contribution is -2.31. The van der Waals surface area contributed by atoms with Crippen LogP contribution in [0.4, 0.5) is 5.69 Å². The zero-order chi connectivity index (χ0) is 19.4. The summed E-state index contributed by atoms with van der Waals surface area (Å²) in [5, 5.41) is 13.9. The third-order valence-corrected chi connectivity index (χ3v) is 4.00. The molecule has 1 N–H and O–H groups in total. The van der Waals surface area contributed by atoms with Crippen LogP contribution < -0.4 is 24.3 Å². The maximum absolute atomic E-state index is 12.2. The molecule has 27 heavy (non-hydrogen) atoms. The summed E-state index contributed by atoms with van der Waals surface area (Å²) in [7, 11) is 1.41. The van der Waals surface area contributed by atoms with Crippen LogP contribution in [0.3, 0.4) is 0 Å². The van der Waals surface area contributed by atoms with Gasteiger partial charge >= 0.3 is 5.69 Å². The highest BCUT2D eigenvalue weighted by Gasteiger charge is 2.19. The molecule has 9 nitrogen and oxygen atoms in total. The smallest absolute Gasteiger partial charge is 0.314 e. The van der Waals surface area contributed by atoms with Crippen LogP contribution in [0, 0.1) is 10.1 Å². The number of amides is 1. The van der Waals surface area contributed by atoms with E-state index in [2.05, 4.69) is 5.32 Å². The molecule has 0 radical (unpaired) electrons. The zero-order valence-electron chi connectivity index (χ0n) is 14.8. The van der Waals surface area contributed by atoms with Gasteiger partial charge in [0.25, 0.3) is 5.91 Å². The maximum Gasteiger partial charge on any atom is 0.314 e. The van der Waals surface area contributed by atoms with Gasteiger partial charge in [0.15, 0.2) is 23.9 Å². The Morgan fingerprint density at radius 2 is 2.04 bits per heavy atom. The summed E-state index contributed by atoms with van der Waals surface area (Å²) in [6, 6.07) is 9.25. The Morgan fingerprint density at radius 1 is 1.26 bits per heavy atom. The summed E-state index contributed by atoms with van der Waals surface area (Å²) in [5.74, 6) is 1.19. The highest BCUT2D eigenvalue weighted by molar-refractivity contribution is 5.78. The van der Waals surface area contributed by atoms with Gasteiger partial charge in [-0.15, -0.1) is 0 Å². The molecule has 1 aliphatic heterocycles. The highest BCUT2D eigenvalue weighted by Crippen LogP contribution is 2.34. The summed E-state index contributed by atoms with van der Waals surface area (Å²) in [6.45, 7) is 1.63. The van der Waals surface area contributed by atoms with Gasteiger partial charge in [0.2, 0.25) is 6.79 Å². The fourth-order valence-electron chi connectivity index (χ4n) is 2.58. The minimum atomic E-state index is -0.592. The van der Waals surface area contributed by atoms with Crippen LogP contribution in [0.1, 0.15) is 18.5 Å². The molecule has 1 amide bonds. The van der Waals surface area contributed by atoms with Crippen molar-refractivity contribution in [2.75, 3.05) is 20.5 Å². The van der Waals surface area contributed by atoms with Gasteiger partial charge in [-0.2, -0.15) is 0 Å². The minimum Gasteiger partial charge on any atom is -0.496 e. The van der Waals surface area contributed by atoms with Gasteiger partial charge in [0.1, 0.15) is 5.75 Å². The summed E-state index contributed by atoms with van der Waals surface area (Å²) in [6.07, 6.45) is 0. The van der Waals surface area contributed by atoms with E-state index in [1.54, 1.807) is 12.1 Å². The normalized spacial score (nSPS) is 13.0. The average molecular weight is 374 g/mol. The first-order valence-corrected chi connectivity index (χ1v) is 8.12. The molecule has 2 aromatic rings. The van der Waals surface area contributed by atoms with Crippen LogP contribution in [-0.4, -0.2) is 31.3 Å². The van der Waals surface area contributed by atoms with E-state index in [1.165, 1.54) is 25.3 Å². The lowest BCUT2D eigenvalue weighted by Gasteiger charge is -2.15. The fourth-order valence-corrected chi connectivity index (χ4v) is 2.58. The molecule has 0 bridgehead atoms. The fraction of sp³-hybridized carbons (Fsp3) is 0.278. The molecular formula is C18H18N2O7. The number of hydrogen-bond acceptors (Lipinski definition) is 7. The van der Waals surface area contributed by atoms with Crippen molar-refractivity contribution in [3.05, 3.63) is 52.1 Å². The number of nitro benzene ring substituents is 1. The molecule has 0 unspecified atom stereocenters. The highest BCUT2D eigenvalue weighted by atomic mass is 16.7.